The highest BCUT2D eigenvalue weighted by molar-refractivity contribution is 9.10. The Bertz CT molecular complexity index is 325. The average Bonchev–Trinajstić information content (AvgIpc) is 2.23. The molecule has 2 rings (SSSR count). The van der Waals surface area contributed by atoms with E-state index >= 15 is 0 Å². The standard InChI is InChI=1S/C11H12BrNO/c12-9-5-4-8(7-11(9)14)10-3-1-2-6-13-10/h1-3,6,8-9H,4-5,7H2. The molecule has 1 aromatic heterocycles. The Labute approximate surface area is 91.9 Å². The SMILES string of the molecule is O=C1CC(c2ccccn2)CCC1Br. The van der Waals surface area contributed by atoms with Crippen LogP contribution >= 0.6 is 15.9 Å². The van der Waals surface area contributed by atoms with E-state index in [-0.39, 0.29) is 4.83 Å². The molecule has 1 aliphatic rings. The van der Waals surface area contributed by atoms with E-state index in [0.29, 0.717) is 18.1 Å². The van der Waals surface area contributed by atoms with Crippen LogP contribution in [0.15, 0.2) is 24.4 Å². The predicted molar refractivity (Wildman–Crippen MR) is 58.6 cm³/mol. The maximum atomic E-state index is 11.5. The molecule has 1 saturated carbocycles. The van der Waals surface area contributed by atoms with Crippen LogP contribution in [0, 0.1) is 0 Å². The van der Waals surface area contributed by atoms with Crippen LogP contribution in [0.2, 0.25) is 0 Å². The first-order valence-electron chi connectivity index (χ1n) is 4.85. The minimum atomic E-state index is 0.0717. The number of hydrogen-bond acceptors (Lipinski definition) is 2. The number of rotatable bonds is 1. The summed E-state index contributed by atoms with van der Waals surface area (Å²) in [6.07, 6.45) is 4.41. The molecule has 0 N–H and O–H groups in total. The molecule has 1 aliphatic carbocycles. The highest BCUT2D eigenvalue weighted by Crippen LogP contribution is 2.32. The normalized spacial score (nSPS) is 27.6. The second kappa shape index (κ2) is 4.22. The zero-order valence-corrected chi connectivity index (χ0v) is 9.40. The molecule has 14 heavy (non-hydrogen) atoms. The van der Waals surface area contributed by atoms with Gasteiger partial charge in [-0.3, -0.25) is 9.78 Å². The van der Waals surface area contributed by atoms with Gasteiger partial charge >= 0.3 is 0 Å². The van der Waals surface area contributed by atoms with Gasteiger partial charge in [0.2, 0.25) is 0 Å². The number of carbonyl (C=O) groups excluding carboxylic acids is 1. The van der Waals surface area contributed by atoms with E-state index in [1.165, 1.54) is 0 Å². The minimum Gasteiger partial charge on any atom is -0.298 e. The molecular formula is C11H12BrNO. The van der Waals surface area contributed by atoms with Crippen molar-refractivity contribution in [3.05, 3.63) is 30.1 Å². The third-order valence-corrected chi connectivity index (χ3v) is 3.64. The summed E-state index contributed by atoms with van der Waals surface area (Å²) in [4.78, 5) is 15.9. The van der Waals surface area contributed by atoms with Crippen molar-refractivity contribution < 1.29 is 4.79 Å². The molecule has 74 valence electrons. The molecule has 0 aromatic carbocycles. The van der Waals surface area contributed by atoms with Crippen molar-refractivity contribution in [2.45, 2.75) is 30.0 Å². The van der Waals surface area contributed by atoms with Crippen LogP contribution in [0.25, 0.3) is 0 Å². The molecule has 1 aromatic rings. The summed E-state index contributed by atoms with van der Waals surface area (Å²) >= 11 is 3.38. The molecule has 0 amide bonds. The first kappa shape index (κ1) is 9.84. The first-order valence-corrected chi connectivity index (χ1v) is 5.76. The number of alkyl halides is 1. The second-order valence-corrected chi connectivity index (χ2v) is 4.77. The highest BCUT2D eigenvalue weighted by atomic mass is 79.9. The molecular weight excluding hydrogens is 242 g/mol. The summed E-state index contributed by atoms with van der Waals surface area (Å²) in [5.74, 6) is 0.643. The molecule has 0 aliphatic heterocycles. The fraction of sp³-hybridized carbons (Fsp3) is 0.455. The smallest absolute Gasteiger partial charge is 0.147 e. The molecule has 2 atom stereocenters. The van der Waals surface area contributed by atoms with Crippen molar-refractivity contribution in [2.24, 2.45) is 0 Å². The second-order valence-electron chi connectivity index (χ2n) is 3.67. The Morgan fingerprint density at radius 2 is 2.21 bits per heavy atom. The van der Waals surface area contributed by atoms with Crippen molar-refractivity contribution in [1.82, 2.24) is 4.98 Å². The van der Waals surface area contributed by atoms with Crippen LogP contribution in [-0.2, 0) is 4.79 Å². The Kier molecular flexibility index (Phi) is 2.96. The quantitative estimate of drug-likeness (QED) is 0.721. The number of hydrogen-bond donors (Lipinski definition) is 0. The summed E-state index contributed by atoms with van der Waals surface area (Å²) in [5, 5.41) is 0. The lowest BCUT2D eigenvalue weighted by atomic mass is 9.86. The van der Waals surface area contributed by atoms with E-state index in [1.54, 1.807) is 6.20 Å². The minimum absolute atomic E-state index is 0.0717. The summed E-state index contributed by atoms with van der Waals surface area (Å²) in [6, 6.07) is 5.89. The van der Waals surface area contributed by atoms with Crippen molar-refractivity contribution in [2.75, 3.05) is 0 Å². The van der Waals surface area contributed by atoms with Gasteiger partial charge in [-0.15, -0.1) is 0 Å². The molecule has 2 unspecified atom stereocenters. The van der Waals surface area contributed by atoms with Gasteiger partial charge in [0.1, 0.15) is 5.78 Å². The number of nitrogens with zero attached hydrogens (tertiary/aromatic N) is 1. The molecule has 0 saturated heterocycles. The van der Waals surface area contributed by atoms with Gasteiger partial charge in [-0.25, -0.2) is 0 Å². The molecule has 0 bridgehead atoms. The highest BCUT2D eigenvalue weighted by Gasteiger charge is 2.27. The van der Waals surface area contributed by atoms with Crippen LogP contribution in [0.1, 0.15) is 30.9 Å². The van der Waals surface area contributed by atoms with Gasteiger partial charge in [0.15, 0.2) is 0 Å². The van der Waals surface area contributed by atoms with Crippen LogP contribution in [0.4, 0.5) is 0 Å². The summed E-state index contributed by atoms with van der Waals surface area (Å²) in [6.45, 7) is 0. The van der Waals surface area contributed by atoms with Gasteiger partial charge in [-0.1, -0.05) is 22.0 Å². The number of carbonyl (C=O) groups is 1. The number of Topliss-reactive ketones (excluding diaryl/α,β-unsaturated/α-hetero) is 1. The van der Waals surface area contributed by atoms with Crippen molar-refractivity contribution in [3.63, 3.8) is 0 Å². The van der Waals surface area contributed by atoms with Gasteiger partial charge in [0, 0.05) is 24.2 Å². The van der Waals surface area contributed by atoms with Crippen LogP contribution in [0.5, 0.6) is 0 Å². The number of ketones is 1. The molecule has 3 heteroatoms. The van der Waals surface area contributed by atoms with Gasteiger partial charge in [0.05, 0.1) is 4.83 Å². The molecule has 2 nitrogen and oxygen atoms in total. The van der Waals surface area contributed by atoms with E-state index in [9.17, 15) is 4.79 Å². The first-order chi connectivity index (χ1) is 6.77. The number of halogens is 1. The van der Waals surface area contributed by atoms with Crippen molar-refractivity contribution in [1.29, 1.82) is 0 Å². The van der Waals surface area contributed by atoms with Gasteiger partial charge in [0.25, 0.3) is 0 Å². The molecule has 1 heterocycles. The van der Waals surface area contributed by atoms with E-state index in [1.807, 2.05) is 18.2 Å². The Balaban J connectivity index is 2.11. The van der Waals surface area contributed by atoms with E-state index < -0.39 is 0 Å². The average molecular weight is 254 g/mol. The lowest BCUT2D eigenvalue weighted by molar-refractivity contribution is -0.120. The molecule has 1 fully saturated rings. The van der Waals surface area contributed by atoms with Crippen molar-refractivity contribution >= 4 is 21.7 Å². The third-order valence-electron chi connectivity index (χ3n) is 2.67. The van der Waals surface area contributed by atoms with Crippen LogP contribution in [0.3, 0.4) is 0 Å². The van der Waals surface area contributed by atoms with Crippen LogP contribution < -0.4 is 0 Å². The fourth-order valence-corrected chi connectivity index (χ4v) is 2.30. The largest absolute Gasteiger partial charge is 0.298 e. The lowest BCUT2D eigenvalue weighted by Gasteiger charge is -2.23. The summed E-state index contributed by atoms with van der Waals surface area (Å²) < 4.78 is 0. The Morgan fingerprint density at radius 1 is 1.36 bits per heavy atom. The molecule has 0 radical (unpaired) electrons. The summed E-state index contributed by atoms with van der Waals surface area (Å²) in [5.41, 5.74) is 1.06. The van der Waals surface area contributed by atoms with Crippen LogP contribution in [-0.4, -0.2) is 15.6 Å². The zero-order valence-electron chi connectivity index (χ0n) is 7.82. The molecule has 0 spiro atoms. The predicted octanol–water partition coefficient (Wildman–Crippen LogP) is 2.68. The summed E-state index contributed by atoms with van der Waals surface area (Å²) in [7, 11) is 0. The van der Waals surface area contributed by atoms with Gasteiger partial charge < -0.3 is 0 Å². The number of aromatic nitrogens is 1. The maximum absolute atomic E-state index is 11.5. The zero-order chi connectivity index (χ0) is 9.97. The van der Waals surface area contributed by atoms with Crippen molar-refractivity contribution in [3.8, 4) is 0 Å². The third kappa shape index (κ3) is 2.03. The fourth-order valence-electron chi connectivity index (χ4n) is 1.85. The maximum Gasteiger partial charge on any atom is 0.147 e. The topological polar surface area (TPSA) is 30.0 Å². The Hall–Kier alpha value is -0.700. The Morgan fingerprint density at radius 3 is 2.86 bits per heavy atom. The lowest BCUT2D eigenvalue weighted by Crippen LogP contribution is -2.24. The van der Waals surface area contributed by atoms with E-state index in [0.717, 1.165) is 18.5 Å². The monoisotopic (exact) mass is 253 g/mol. The van der Waals surface area contributed by atoms with E-state index in [4.69, 9.17) is 0 Å². The van der Waals surface area contributed by atoms with E-state index in [2.05, 4.69) is 20.9 Å². The number of pyridine rings is 1. The van der Waals surface area contributed by atoms with Gasteiger partial charge in [-0.05, 0) is 25.0 Å². The van der Waals surface area contributed by atoms with Gasteiger partial charge in [-0.2, -0.15) is 0 Å².